The number of amides is 1. The minimum atomic E-state index is -3.69. The van der Waals surface area contributed by atoms with Gasteiger partial charge in [0, 0.05) is 6.54 Å². The molecule has 1 aliphatic carbocycles. The summed E-state index contributed by atoms with van der Waals surface area (Å²) in [7, 11) is -3.69. The molecule has 2 atom stereocenters. The van der Waals surface area contributed by atoms with Crippen molar-refractivity contribution in [3.05, 3.63) is 29.8 Å². The Morgan fingerprint density at radius 1 is 1.30 bits per heavy atom. The van der Waals surface area contributed by atoms with Crippen LogP contribution in [0.2, 0.25) is 0 Å². The second-order valence-electron chi connectivity index (χ2n) is 5.72. The van der Waals surface area contributed by atoms with E-state index >= 15 is 0 Å². The maximum absolute atomic E-state index is 11.6. The van der Waals surface area contributed by atoms with E-state index in [0.717, 1.165) is 12.0 Å². The molecule has 1 aliphatic rings. The molecule has 8 heteroatoms. The molecule has 0 spiro atoms. The second kappa shape index (κ2) is 7.10. The zero-order valence-corrected chi connectivity index (χ0v) is 13.6. The van der Waals surface area contributed by atoms with Gasteiger partial charge in [0.2, 0.25) is 10.0 Å². The molecule has 0 unspecified atom stereocenters. The maximum atomic E-state index is 11.6. The number of benzene rings is 1. The lowest BCUT2D eigenvalue weighted by Crippen LogP contribution is -2.30. The molecular weight excluding hydrogens is 320 g/mol. The fourth-order valence-electron chi connectivity index (χ4n) is 2.14. The molecule has 0 aromatic heterocycles. The highest BCUT2D eigenvalue weighted by atomic mass is 32.2. The van der Waals surface area contributed by atoms with Crippen LogP contribution in [-0.2, 0) is 30.8 Å². The van der Waals surface area contributed by atoms with E-state index in [1.807, 2.05) is 6.92 Å². The van der Waals surface area contributed by atoms with Crippen LogP contribution in [0, 0.1) is 11.8 Å². The van der Waals surface area contributed by atoms with Gasteiger partial charge in [-0.15, -0.1) is 0 Å². The van der Waals surface area contributed by atoms with Gasteiger partial charge in [-0.25, -0.2) is 13.6 Å². The third kappa shape index (κ3) is 5.33. The molecule has 0 radical (unpaired) electrons. The Morgan fingerprint density at radius 3 is 2.43 bits per heavy atom. The molecule has 7 nitrogen and oxygen atoms in total. The van der Waals surface area contributed by atoms with Crippen LogP contribution in [0.1, 0.15) is 18.9 Å². The molecule has 1 amide bonds. The van der Waals surface area contributed by atoms with Gasteiger partial charge in [-0.2, -0.15) is 0 Å². The number of nitrogens with one attached hydrogen (secondary N) is 1. The average Bonchev–Trinajstić information content (AvgIpc) is 3.21. The molecule has 2 rings (SSSR count). The topological polar surface area (TPSA) is 116 Å². The lowest BCUT2D eigenvalue weighted by atomic mass is 10.1. The molecule has 0 heterocycles. The maximum Gasteiger partial charge on any atom is 0.309 e. The van der Waals surface area contributed by atoms with E-state index in [-0.39, 0.29) is 29.3 Å². The number of esters is 1. The van der Waals surface area contributed by atoms with Crippen LogP contribution in [0.3, 0.4) is 0 Å². The third-order valence-electron chi connectivity index (χ3n) is 3.75. The van der Waals surface area contributed by atoms with Crippen LogP contribution in [0.15, 0.2) is 29.2 Å². The largest absolute Gasteiger partial charge is 0.455 e. The standard InChI is InChI=1S/C15H20N2O5S/c1-10-8-13(10)15(19)22-9-14(18)17-7-6-11-2-4-12(5-3-11)23(16,20)21/h2-5,10,13H,6-9H2,1H3,(H,17,18)(H2,16,20,21)/t10-,13-/m0/s1. The number of carbonyl (C=O) groups excluding carboxylic acids is 2. The smallest absolute Gasteiger partial charge is 0.309 e. The first-order chi connectivity index (χ1) is 10.8. The Balaban J connectivity index is 1.68. The van der Waals surface area contributed by atoms with Gasteiger partial charge in [0.1, 0.15) is 0 Å². The monoisotopic (exact) mass is 340 g/mol. The molecule has 0 saturated heterocycles. The van der Waals surface area contributed by atoms with Crippen LogP contribution in [0.5, 0.6) is 0 Å². The molecule has 1 aromatic rings. The lowest BCUT2D eigenvalue weighted by Gasteiger charge is -2.07. The van der Waals surface area contributed by atoms with E-state index < -0.39 is 10.0 Å². The predicted octanol–water partition coefficient (Wildman–Crippen LogP) is 0.192. The van der Waals surface area contributed by atoms with E-state index in [2.05, 4.69) is 5.32 Å². The van der Waals surface area contributed by atoms with E-state index in [1.165, 1.54) is 12.1 Å². The number of carbonyl (C=O) groups is 2. The molecule has 0 bridgehead atoms. The number of ether oxygens (including phenoxy) is 1. The number of nitrogens with two attached hydrogens (primary N) is 1. The van der Waals surface area contributed by atoms with Crippen LogP contribution < -0.4 is 10.5 Å². The summed E-state index contributed by atoms with van der Waals surface area (Å²) in [5, 5.41) is 7.66. The van der Waals surface area contributed by atoms with Crippen molar-refractivity contribution in [3.63, 3.8) is 0 Å². The summed E-state index contributed by atoms with van der Waals surface area (Å²) in [5.41, 5.74) is 0.862. The van der Waals surface area contributed by atoms with Gasteiger partial charge in [-0.3, -0.25) is 9.59 Å². The summed E-state index contributed by atoms with van der Waals surface area (Å²) in [6.45, 7) is 2.06. The molecule has 1 aromatic carbocycles. The fourth-order valence-corrected chi connectivity index (χ4v) is 2.65. The minimum Gasteiger partial charge on any atom is -0.455 e. The van der Waals surface area contributed by atoms with Crippen molar-refractivity contribution < 1.29 is 22.7 Å². The van der Waals surface area contributed by atoms with Crippen LogP contribution in [0.25, 0.3) is 0 Å². The first kappa shape index (κ1) is 17.4. The second-order valence-corrected chi connectivity index (χ2v) is 7.28. The van der Waals surface area contributed by atoms with Gasteiger partial charge in [-0.1, -0.05) is 19.1 Å². The Morgan fingerprint density at radius 2 is 1.91 bits per heavy atom. The molecule has 1 saturated carbocycles. The van der Waals surface area contributed by atoms with Crippen molar-refractivity contribution in [2.75, 3.05) is 13.2 Å². The Kier molecular flexibility index (Phi) is 5.38. The summed E-state index contributed by atoms with van der Waals surface area (Å²) in [5.74, 6) is -0.370. The van der Waals surface area contributed by atoms with Crippen LogP contribution in [0.4, 0.5) is 0 Å². The lowest BCUT2D eigenvalue weighted by molar-refractivity contribution is -0.150. The van der Waals surface area contributed by atoms with Crippen molar-refractivity contribution in [3.8, 4) is 0 Å². The highest BCUT2D eigenvalue weighted by Crippen LogP contribution is 2.38. The highest BCUT2D eigenvalue weighted by Gasteiger charge is 2.40. The molecule has 3 N–H and O–H groups in total. The molecule has 126 valence electrons. The predicted molar refractivity (Wildman–Crippen MR) is 82.8 cm³/mol. The van der Waals surface area contributed by atoms with Gasteiger partial charge in [-0.05, 0) is 36.5 Å². The van der Waals surface area contributed by atoms with Crippen LogP contribution in [-0.4, -0.2) is 33.4 Å². The van der Waals surface area contributed by atoms with E-state index in [4.69, 9.17) is 9.88 Å². The highest BCUT2D eigenvalue weighted by molar-refractivity contribution is 7.89. The van der Waals surface area contributed by atoms with E-state index in [1.54, 1.807) is 12.1 Å². The van der Waals surface area contributed by atoms with Crippen molar-refractivity contribution in [1.82, 2.24) is 5.32 Å². The summed E-state index contributed by atoms with van der Waals surface area (Å²) in [6.07, 6.45) is 1.36. The molecule has 0 aliphatic heterocycles. The van der Waals surface area contributed by atoms with Crippen molar-refractivity contribution in [2.24, 2.45) is 17.0 Å². The van der Waals surface area contributed by atoms with Gasteiger partial charge in [0.25, 0.3) is 5.91 Å². The molecule has 1 fully saturated rings. The first-order valence-corrected chi connectivity index (χ1v) is 8.87. The summed E-state index contributed by atoms with van der Waals surface area (Å²) >= 11 is 0. The first-order valence-electron chi connectivity index (χ1n) is 7.32. The van der Waals surface area contributed by atoms with Crippen molar-refractivity contribution in [1.29, 1.82) is 0 Å². The molecular formula is C15H20N2O5S. The van der Waals surface area contributed by atoms with Gasteiger partial charge in [0.05, 0.1) is 10.8 Å². The quantitative estimate of drug-likeness (QED) is 0.688. The van der Waals surface area contributed by atoms with E-state index in [9.17, 15) is 18.0 Å². The number of rotatable bonds is 7. The van der Waals surface area contributed by atoms with Crippen molar-refractivity contribution >= 4 is 21.9 Å². The van der Waals surface area contributed by atoms with Crippen molar-refractivity contribution in [2.45, 2.75) is 24.7 Å². The van der Waals surface area contributed by atoms with Crippen LogP contribution >= 0.6 is 0 Å². The Hall–Kier alpha value is -1.93. The number of hydrogen-bond donors (Lipinski definition) is 2. The zero-order chi connectivity index (χ0) is 17.0. The minimum absolute atomic E-state index is 0.0477. The summed E-state index contributed by atoms with van der Waals surface area (Å²) < 4.78 is 27.2. The third-order valence-corrected chi connectivity index (χ3v) is 4.67. The average molecular weight is 340 g/mol. The summed E-state index contributed by atoms with van der Waals surface area (Å²) in [6, 6.07) is 6.12. The van der Waals surface area contributed by atoms with Gasteiger partial charge < -0.3 is 10.1 Å². The SMILES string of the molecule is C[C@H]1C[C@@H]1C(=O)OCC(=O)NCCc1ccc(S(N)(=O)=O)cc1. The Bertz CT molecular complexity index is 684. The number of sulfonamides is 1. The van der Waals surface area contributed by atoms with Gasteiger partial charge >= 0.3 is 5.97 Å². The van der Waals surface area contributed by atoms with Gasteiger partial charge in [0.15, 0.2) is 6.61 Å². The fraction of sp³-hybridized carbons (Fsp3) is 0.467. The molecule has 23 heavy (non-hydrogen) atoms. The Labute approximate surface area is 135 Å². The number of hydrogen-bond acceptors (Lipinski definition) is 5. The number of primary sulfonamides is 1. The zero-order valence-electron chi connectivity index (χ0n) is 12.8. The summed E-state index contributed by atoms with van der Waals surface area (Å²) in [4.78, 5) is 23.1. The van der Waals surface area contributed by atoms with E-state index in [0.29, 0.717) is 18.9 Å². The normalized spacial score (nSPS) is 19.9.